The van der Waals surface area contributed by atoms with E-state index in [0.29, 0.717) is 0 Å². The van der Waals surface area contributed by atoms with E-state index in [4.69, 9.17) is 9.97 Å². The molecule has 12 rings (SSSR count). The number of anilines is 1. The monoisotopic (exact) mass is 818 g/mol. The molecule has 9 aromatic rings. The van der Waals surface area contributed by atoms with Crippen LogP contribution in [0, 0.1) is 11.8 Å². The molecule has 0 saturated heterocycles. The lowest BCUT2D eigenvalue weighted by Crippen LogP contribution is -2.19. The number of hydrogen-bond acceptors (Lipinski definition) is 3. The Morgan fingerprint density at radius 2 is 0.781 bits per heavy atom. The van der Waals surface area contributed by atoms with Gasteiger partial charge in [0, 0.05) is 56.5 Å². The van der Waals surface area contributed by atoms with Crippen LogP contribution < -0.4 is 4.90 Å². The van der Waals surface area contributed by atoms with Gasteiger partial charge in [0.15, 0.2) is 0 Å². The molecule has 4 heteroatoms. The normalized spacial score (nSPS) is 16.3. The minimum absolute atomic E-state index is 0.274. The summed E-state index contributed by atoms with van der Waals surface area (Å²) in [6.45, 7) is 0. The fourth-order valence-electron chi connectivity index (χ4n) is 9.56. The van der Waals surface area contributed by atoms with Gasteiger partial charge >= 0.3 is 0 Å². The molecule has 2 atom stereocenters. The van der Waals surface area contributed by atoms with Crippen molar-refractivity contribution >= 4 is 27.5 Å². The van der Waals surface area contributed by atoms with Crippen LogP contribution in [-0.4, -0.2) is 14.5 Å². The van der Waals surface area contributed by atoms with E-state index in [0.717, 1.165) is 78.9 Å². The Bertz CT molecular complexity index is 3360. The number of aromatic nitrogens is 3. The van der Waals surface area contributed by atoms with Crippen LogP contribution >= 0.6 is 0 Å². The molecular weight excluding hydrogens is 777 g/mol. The van der Waals surface area contributed by atoms with E-state index in [1.54, 1.807) is 0 Å². The summed E-state index contributed by atoms with van der Waals surface area (Å²) in [7, 11) is 0. The van der Waals surface area contributed by atoms with Crippen molar-refractivity contribution in [1.29, 1.82) is 0 Å². The molecule has 0 amide bonds. The van der Waals surface area contributed by atoms with Crippen LogP contribution in [-0.2, 0) is 0 Å². The van der Waals surface area contributed by atoms with Gasteiger partial charge in [-0.05, 0) is 95.1 Å². The Hall–Kier alpha value is -8.34. The highest BCUT2D eigenvalue weighted by Crippen LogP contribution is 2.40. The minimum Gasteiger partial charge on any atom is -0.311 e. The SMILES string of the molecule is C1=CC2=CC(C=C1)[C@@H]1C=CC=CC(=C1)N2c1cccc(-c2cc(-c3ccccc3)cc(-c3cc(-c4ccccc4)cc(-c4cccc(-n5c6ccccc6c6ccccc65)c4)n3)n2)c1. The fourth-order valence-corrected chi connectivity index (χ4v) is 9.56. The van der Waals surface area contributed by atoms with Gasteiger partial charge in [0.1, 0.15) is 0 Å². The molecule has 3 aliphatic rings. The average molecular weight is 819 g/mol. The summed E-state index contributed by atoms with van der Waals surface area (Å²) in [5.74, 6) is 0.549. The third-order valence-electron chi connectivity index (χ3n) is 12.6. The van der Waals surface area contributed by atoms with Crippen LogP contribution in [0.25, 0.3) is 83.6 Å². The lowest BCUT2D eigenvalue weighted by molar-refractivity contribution is 0.677. The van der Waals surface area contributed by atoms with Crippen molar-refractivity contribution < 1.29 is 0 Å². The van der Waals surface area contributed by atoms with E-state index in [9.17, 15) is 0 Å². The number of pyridine rings is 2. The Balaban J connectivity index is 1.02. The van der Waals surface area contributed by atoms with Crippen molar-refractivity contribution in [3.8, 4) is 61.8 Å². The van der Waals surface area contributed by atoms with Crippen molar-refractivity contribution in [2.75, 3.05) is 4.90 Å². The number of benzene rings is 6. The van der Waals surface area contributed by atoms with E-state index < -0.39 is 0 Å². The third-order valence-corrected chi connectivity index (χ3v) is 12.6. The second-order valence-electron chi connectivity index (χ2n) is 16.6. The molecule has 4 heterocycles. The molecule has 1 aliphatic heterocycles. The average Bonchev–Trinajstić information content (AvgIpc) is 3.60. The van der Waals surface area contributed by atoms with E-state index in [-0.39, 0.29) is 11.8 Å². The number of nitrogens with zero attached hydrogens (tertiary/aromatic N) is 4. The summed E-state index contributed by atoms with van der Waals surface area (Å²) >= 11 is 0. The molecule has 2 aliphatic carbocycles. The second kappa shape index (κ2) is 15.8. The van der Waals surface area contributed by atoms with E-state index in [1.807, 2.05) is 0 Å². The Labute approximate surface area is 373 Å². The maximum atomic E-state index is 5.49. The molecule has 0 N–H and O–H groups in total. The molecular formula is C60H42N4. The maximum Gasteiger partial charge on any atom is 0.0900 e. The van der Waals surface area contributed by atoms with Gasteiger partial charge in [-0.3, -0.25) is 0 Å². The van der Waals surface area contributed by atoms with Crippen LogP contribution in [0.15, 0.2) is 254 Å². The predicted molar refractivity (Wildman–Crippen MR) is 266 cm³/mol. The van der Waals surface area contributed by atoms with Crippen molar-refractivity contribution in [3.05, 3.63) is 254 Å². The van der Waals surface area contributed by atoms with Gasteiger partial charge in [0.05, 0.1) is 33.8 Å². The summed E-state index contributed by atoms with van der Waals surface area (Å²) < 4.78 is 2.36. The first-order valence-electron chi connectivity index (χ1n) is 22.0. The zero-order chi connectivity index (χ0) is 42.4. The Morgan fingerprint density at radius 1 is 0.344 bits per heavy atom. The molecule has 0 saturated carbocycles. The van der Waals surface area contributed by atoms with Gasteiger partial charge < -0.3 is 9.47 Å². The molecule has 0 fully saturated rings. The van der Waals surface area contributed by atoms with E-state index >= 15 is 0 Å². The molecule has 4 nitrogen and oxygen atoms in total. The van der Waals surface area contributed by atoms with Gasteiger partial charge in [0.25, 0.3) is 0 Å². The topological polar surface area (TPSA) is 34.0 Å². The quantitative estimate of drug-likeness (QED) is 0.161. The first kappa shape index (κ1) is 37.4. The van der Waals surface area contributed by atoms with Gasteiger partial charge in [0.2, 0.25) is 0 Å². The summed E-state index contributed by atoms with van der Waals surface area (Å²) in [5, 5.41) is 2.47. The number of fused-ring (bicyclic) bond motifs is 6. The van der Waals surface area contributed by atoms with Crippen molar-refractivity contribution in [1.82, 2.24) is 14.5 Å². The Morgan fingerprint density at radius 3 is 1.31 bits per heavy atom. The van der Waals surface area contributed by atoms with Gasteiger partial charge in [-0.15, -0.1) is 0 Å². The molecule has 0 spiro atoms. The zero-order valence-corrected chi connectivity index (χ0v) is 35.0. The standard InChI is InChI=1S/C60H42N4/c1-3-17-41(18-4-1)47-37-55(45-23-15-27-51(35-45)63-49-25-9-7-21-43(33-49)44-22-8-10-26-50(63)34-44)61-57(39-47)58-40-48(42-19-5-2-6-20-42)38-56(62-58)46-24-16-28-52(36-46)64-59-31-13-11-29-53(59)54-30-12-14-32-60(54)64/h1-40,43-44H/t43-,44?/m1/s1. The van der Waals surface area contributed by atoms with Crippen LogP contribution in [0.5, 0.6) is 0 Å². The highest BCUT2D eigenvalue weighted by atomic mass is 15.2. The number of allylic oxidation sites excluding steroid dienone is 10. The molecule has 4 bridgehead atoms. The zero-order valence-electron chi connectivity index (χ0n) is 35.0. The van der Waals surface area contributed by atoms with E-state index in [2.05, 4.69) is 252 Å². The van der Waals surface area contributed by atoms with Crippen LogP contribution in [0.3, 0.4) is 0 Å². The summed E-state index contributed by atoms with van der Waals surface area (Å²) in [6.07, 6.45) is 22.4. The largest absolute Gasteiger partial charge is 0.311 e. The lowest BCUT2D eigenvalue weighted by Gasteiger charge is -2.27. The number of rotatable bonds is 7. The summed E-state index contributed by atoms with van der Waals surface area (Å²) in [4.78, 5) is 13.3. The Kier molecular flexibility index (Phi) is 9.27. The molecule has 0 radical (unpaired) electrons. The smallest absolute Gasteiger partial charge is 0.0900 e. The molecule has 64 heavy (non-hydrogen) atoms. The maximum absolute atomic E-state index is 5.49. The van der Waals surface area contributed by atoms with Crippen LogP contribution in [0.1, 0.15) is 0 Å². The molecule has 3 aromatic heterocycles. The van der Waals surface area contributed by atoms with Crippen molar-refractivity contribution in [3.63, 3.8) is 0 Å². The van der Waals surface area contributed by atoms with E-state index in [1.165, 1.54) is 21.8 Å². The van der Waals surface area contributed by atoms with Crippen LogP contribution in [0.2, 0.25) is 0 Å². The lowest BCUT2D eigenvalue weighted by atomic mass is 9.91. The van der Waals surface area contributed by atoms with Gasteiger partial charge in [-0.2, -0.15) is 0 Å². The van der Waals surface area contributed by atoms with Crippen LogP contribution in [0.4, 0.5) is 5.69 Å². The van der Waals surface area contributed by atoms with Crippen molar-refractivity contribution in [2.24, 2.45) is 11.8 Å². The van der Waals surface area contributed by atoms with Gasteiger partial charge in [-0.1, -0.05) is 170 Å². The second-order valence-corrected chi connectivity index (χ2v) is 16.6. The fraction of sp³-hybridized carbons (Fsp3) is 0.0333. The predicted octanol–water partition coefficient (Wildman–Crippen LogP) is 15.0. The van der Waals surface area contributed by atoms with Crippen molar-refractivity contribution in [2.45, 2.75) is 0 Å². The number of para-hydroxylation sites is 2. The minimum atomic E-state index is 0.274. The molecule has 1 unspecified atom stereocenters. The highest BCUT2D eigenvalue weighted by Gasteiger charge is 2.26. The molecule has 302 valence electrons. The summed E-state index contributed by atoms with van der Waals surface area (Å²) in [6, 6.07) is 64.8. The third kappa shape index (κ3) is 6.82. The van der Waals surface area contributed by atoms with Gasteiger partial charge in [-0.25, -0.2) is 9.97 Å². The molecule has 6 aromatic carbocycles. The number of hydrogen-bond donors (Lipinski definition) is 0. The highest BCUT2D eigenvalue weighted by molar-refractivity contribution is 6.09. The first-order chi connectivity index (χ1) is 31.7. The first-order valence-corrected chi connectivity index (χ1v) is 22.0. The summed E-state index contributed by atoms with van der Waals surface area (Å²) in [5.41, 5.74) is 16.7.